The van der Waals surface area contributed by atoms with Gasteiger partial charge in [-0.3, -0.25) is 0 Å². The molecule has 1 fully saturated rings. The number of hydrogen-bond donors (Lipinski definition) is 0. The highest BCUT2D eigenvalue weighted by atomic mass is 35.5. The second kappa shape index (κ2) is 2.82. The molecule has 3 heteroatoms. The van der Waals surface area contributed by atoms with Gasteiger partial charge in [-0.2, -0.15) is 0 Å². The predicted octanol–water partition coefficient (Wildman–Crippen LogP) is 2.37. The summed E-state index contributed by atoms with van der Waals surface area (Å²) in [6.45, 7) is 1.78. The van der Waals surface area contributed by atoms with E-state index in [1.54, 1.807) is 19.1 Å². The van der Waals surface area contributed by atoms with E-state index in [9.17, 15) is 4.79 Å². The molecule has 1 aromatic rings. The summed E-state index contributed by atoms with van der Waals surface area (Å²) < 4.78 is 5.27. The van der Waals surface area contributed by atoms with Gasteiger partial charge in [0.25, 0.3) is 0 Å². The first-order valence-corrected chi connectivity index (χ1v) is 4.43. The molecule has 0 radical (unpaired) electrons. The number of aldehydes is 1. The molecule has 0 saturated carbocycles. The van der Waals surface area contributed by atoms with E-state index in [-0.39, 0.29) is 6.10 Å². The minimum absolute atomic E-state index is 0.0951. The fourth-order valence-electron chi connectivity index (χ4n) is 1.35. The molecule has 1 saturated heterocycles. The highest BCUT2D eigenvalue weighted by Gasteiger charge is 2.53. The zero-order valence-corrected chi connectivity index (χ0v) is 7.91. The summed E-state index contributed by atoms with van der Waals surface area (Å²) in [5.41, 5.74) is 0.382. The lowest BCUT2D eigenvalue weighted by Gasteiger charge is -1.96. The Bertz CT molecular complexity index is 333. The molecule has 0 aliphatic carbocycles. The van der Waals surface area contributed by atoms with Gasteiger partial charge in [0.05, 0.1) is 0 Å². The van der Waals surface area contributed by atoms with Gasteiger partial charge in [-0.25, -0.2) is 0 Å². The Kier molecular flexibility index (Phi) is 1.90. The van der Waals surface area contributed by atoms with Crippen LogP contribution in [0.4, 0.5) is 0 Å². The number of epoxide rings is 1. The average Bonchev–Trinajstić information content (AvgIpc) is 2.81. The Morgan fingerprint density at radius 1 is 1.46 bits per heavy atom. The van der Waals surface area contributed by atoms with Gasteiger partial charge in [-0.05, 0) is 24.6 Å². The first-order valence-electron chi connectivity index (χ1n) is 4.05. The Hall–Kier alpha value is -0.860. The third kappa shape index (κ3) is 1.47. The lowest BCUT2D eigenvalue weighted by atomic mass is 10.0. The second-order valence-corrected chi connectivity index (χ2v) is 3.79. The Balaban J connectivity index is 2.21. The number of ether oxygens (including phenoxy) is 1. The van der Waals surface area contributed by atoms with Crippen molar-refractivity contribution in [3.8, 4) is 0 Å². The summed E-state index contributed by atoms with van der Waals surface area (Å²) in [5.74, 6) is 0. The van der Waals surface area contributed by atoms with E-state index < -0.39 is 5.60 Å². The maximum absolute atomic E-state index is 10.6. The van der Waals surface area contributed by atoms with Crippen LogP contribution in [0.2, 0.25) is 5.02 Å². The SMILES string of the molecule is C[C@]1(C=O)O[C@@H]1c1ccc(Cl)cc1. The highest BCUT2D eigenvalue weighted by molar-refractivity contribution is 6.30. The molecule has 0 bridgehead atoms. The van der Waals surface area contributed by atoms with E-state index in [4.69, 9.17) is 16.3 Å². The van der Waals surface area contributed by atoms with Crippen LogP contribution in [0.25, 0.3) is 0 Å². The van der Waals surface area contributed by atoms with Crippen molar-refractivity contribution in [1.29, 1.82) is 0 Å². The van der Waals surface area contributed by atoms with E-state index >= 15 is 0 Å². The van der Waals surface area contributed by atoms with Crippen molar-refractivity contribution in [1.82, 2.24) is 0 Å². The van der Waals surface area contributed by atoms with E-state index in [0.29, 0.717) is 5.02 Å². The number of carbonyl (C=O) groups is 1. The average molecular weight is 197 g/mol. The van der Waals surface area contributed by atoms with Crippen LogP contribution in [0, 0.1) is 0 Å². The molecule has 1 aliphatic rings. The minimum Gasteiger partial charge on any atom is -0.353 e. The van der Waals surface area contributed by atoms with Gasteiger partial charge in [0.2, 0.25) is 0 Å². The number of hydrogen-bond acceptors (Lipinski definition) is 2. The monoisotopic (exact) mass is 196 g/mol. The van der Waals surface area contributed by atoms with Gasteiger partial charge in [-0.15, -0.1) is 0 Å². The molecule has 0 aromatic heterocycles. The Morgan fingerprint density at radius 2 is 2.08 bits per heavy atom. The quantitative estimate of drug-likeness (QED) is 0.537. The summed E-state index contributed by atoms with van der Waals surface area (Å²) in [4.78, 5) is 10.6. The van der Waals surface area contributed by atoms with Crippen LogP contribution in [0.5, 0.6) is 0 Å². The molecule has 0 N–H and O–H groups in total. The summed E-state index contributed by atoms with van der Waals surface area (Å²) in [5, 5.41) is 0.692. The molecule has 68 valence electrons. The Labute approximate surface area is 81.5 Å². The maximum Gasteiger partial charge on any atom is 0.154 e. The van der Waals surface area contributed by atoms with Crippen LogP contribution in [0.15, 0.2) is 24.3 Å². The van der Waals surface area contributed by atoms with E-state index in [0.717, 1.165) is 11.8 Å². The molecule has 0 spiro atoms. The molecule has 2 atom stereocenters. The molecule has 13 heavy (non-hydrogen) atoms. The zero-order chi connectivity index (χ0) is 9.47. The second-order valence-electron chi connectivity index (χ2n) is 3.35. The fraction of sp³-hybridized carbons (Fsp3) is 0.300. The van der Waals surface area contributed by atoms with Crippen LogP contribution >= 0.6 is 11.6 Å². The van der Waals surface area contributed by atoms with Crippen molar-refractivity contribution in [2.45, 2.75) is 18.6 Å². The number of benzene rings is 1. The topological polar surface area (TPSA) is 29.6 Å². The third-order valence-electron chi connectivity index (χ3n) is 2.24. The number of halogens is 1. The normalized spacial score (nSPS) is 31.4. The molecule has 1 aliphatic heterocycles. The molecule has 1 aromatic carbocycles. The summed E-state index contributed by atoms with van der Waals surface area (Å²) in [6.07, 6.45) is 0.744. The van der Waals surface area contributed by atoms with Gasteiger partial charge in [0, 0.05) is 5.02 Å². The zero-order valence-electron chi connectivity index (χ0n) is 7.16. The number of rotatable bonds is 2. The molecular formula is C10H9ClO2. The van der Waals surface area contributed by atoms with Crippen LogP contribution in [-0.4, -0.2) is 11.9 Å². The van der Waals surface area contributed by atoms with Gasteiger partial charge < -0.3 is 9.53 Å². The number of carbonyl (C=O) groups excluding carboxylic acids is 1. The van der Waals surface area contributed by atoms with Gasteiger partial charge >= 0.3 is 0 Å². The van der Waals surface area contributed by atoms with Crippen LogP contribution in [0.1, 0.15) is 18.6 Å². The van der Waals surface area contributed by atoms with Gasteiger partial charge in [-0.1, -0.05) is 23.7 Å². The van der Waals surface area contributed by atoms with Crippen LogP contribution in [-0.2, 0) is 9.53 Å². The molecule has 0 amide bonds. The standard InChI is InChI=1S/C10H9ClO2/c1-10(6-12)9(13-10)7-2-4-8(11)5-3-7/h2-6,9H,1H3/t9-,10-/m1/s1. The molecule has 1 heterocycles. The molecule has 2 rings (SSSR count). The van der Waals surface area contributed by atoms with Crippen molar-refractivity contribution in [2.24, 2.45) is 0 Å². The summed E-state index contributed by atoms with van der Waals surface area (Å²) in [7, 11) is 0. The lowest BCUT2D eigenvalue weighted by Crippen LogP contribution is -2.06. The minimum atomic E-state index is -0.617. The predicted molar refractivity (Wildman–Crippen MR) is 49.7 cm³/mol. The van der Waals surface area contributed by atoms with Crippen LogP contribution < -0.4 is 0 Å². The van der Waals surface area contributed by atoms with E-state index in [2.05, 4.69) is 0 Å². The smallest absolute Gasteiger partial charge is 0.154 e. The maximum atomic E-state index is 10.6. The lowest BCUT2D eigenvalue weighted by molar-refractivity contribution is -0.111. The largest absolute Gasteiger partial charge is 0.353 e. The van der Waals surface area contributed by atoms with Crippen molar-refractivity contribution in [3.63, 3.8) is 0 Å². The third-order valence-corrected chi connectivity index (χ3v) is 2.49. The van der Waals surface area contributed by atoms with Crippen molar-refractivity contribution >= 4 is 17.9 Å². The van der Waals surface area contributed by atoms with Crippen LogP contribution in [0.3, 0.4) is 0 Å². The molecule has 2 nitrogen and oxygen atoms in total. The molecular weight excluding hydrogens is 188 g/mol. The van der Waals surface area contributed by atoms with Crippen molar-refractivity contribution in [2.75, 3.05) is 0 Å². The van der Waals surface area contributed by atoms with E-state index in [1.807, 2.05) is 12.1 Å². The molecule has 0 unspecified atom stereocenters. The van der Waals surface area contributed by atoms with Gasteiger partial charge in [0.15, 0.2) is 11.9 Å². The van der Waals surface area contributed by atoms with Crippen molar-refractivity contribution in [3.05, 3.63) is 34.9 Å². The first kappa shape index (κ1) is 8.73. The summed E-state index contributed by atoms with van der Waals surface area (Å²) in [6, 6.07) is 7.34. The highest BCUT2D eigenvalue weighted by Crippen LogP contribution is 2.47. The van der Waals surface area contributed by atoms with Crippen molar-refractivity contribution < 1.29 is 9.53 Å². The van der Waals surface area contributed by atoms with Gasteiger partial charge in [0.1, 0.15) is 6.10 Å². The first-order chi connectivity index (χ1) is 6.15. The summed E-state index contributed by atoms with van der Waals surface area (Å²) >= 11 is 5.73. The fourth-order valence-corrected chi connectivity index (χ4v) is 1.47. The van der Waals surface area contributed by atoms with E-state index in [1.165, 1.54) is 0 Å². The Morgan fingerprint density at radius 3 is 2.54 bits per heavy atom.